The van der Waals surface area contributed by atoms with E-state index < -0.39 is 33.8 Å². The molecule has 0 saturated heterocycles. The highest BCUT2D eigenvalue weighted by molar-refractivity contribution is 14.1. The number of benzene rings is 4. The molecule has 0 aliphatic carbocycles. The molecule has 0 radical (unpaired) electrons. The monoisotopic (exact) mass is 790 g/mol. The number of halogens is 4. The zero-order valence-corrected chi connectivity index (χ0v) is 29.1. The van der Waals surface area contributed by atoms with Gasteiger partial charge in [-0.1, -0.05) is 107 Å². The first-order chi connectivity index (χ1) is 22.6. The van der Waals surface area contributed by atoms with E-state index in [0.717, 1.165) is 34.4 Å². The lowest BCUT2D eigenvalue weighted by molar-refractivity contribution is -0.137. The first kappa shape index (κ1) is 35.7. The second-order valence-corrected chi connectivity index (χ2v) is 16.3. The lowest BCUT2D eigenvalue weighted by atomic mass is 9.87. The fourth-order valence-corrected chi connectivity index (χ4v) is 6.05. The predicted octanol–water partition coefficient (Wildman–Crippen LogP) is 8.54. The van der Waals surface area contributed by atoms with Gasteiger partial charge < -0.3 is 9.63 Å². The maximum absolute atomic E-state index is 13.1. The normalized spacial score (nSPS) is 13.8. The van der Waals surface area contributed by atoms with E-state index in [-0.39, 0.29) is 15.9 Å². The van der Waals surface area contributed by atoms with Crippen LogP contribution in [0.2, 0.25) is 0 Å². The van der Waals surface area contributed by atoms with E-state index in [9.17, 15) is 26.7 Å². The highest BCUT2D eigenvalue weighted by Crippen LogP contribution is 2.36. The number of hydrogen-bond acceptors (Lipinski definition) is 6. The molecule has 5 aromatic rings. The molecule has 7 nitrogen and oxygen atoms in total. The molecule has 0 saturated carbocycles. The molecule has 252 valence electrons. The highest BCUT2D eigenvalue weighted by atomic mass is 127. The van der Waals surface area contributed by atoms with Crippen molar-refractivity contribution < 1.29 is 35.8 Å². The summed E-state index contributed by atoms with van der Waals surface area (Å²) in [6, 6.07) is 29.9. The van der Waals surface area contributed by atoms with Crippen molar-refractivity contribution in [1.82, 2.24) is 10.5 Å². The predicted molar refractivity (Wildman–Crippen MR) is 187 cm³/mol. The van der Waals surface area contributed by atoms with E-state index in [0.29, 0.717) is 29.0 Å². The molecule has 0 spiro atoms. The van der Waals surface area contributed by atoms with Crippen LogP contribution in [0.1, 0.15) is 59.5 Å². The van der Waals surface area contributed by atoms with Gasteiger partial charge in [-0.25, -0.2) is 0 Å². The lowest BCUT2D eigenvalue weighted by Crippen LogP contribution is -2.26. The largest absolute Gasteiger partial charge is 0.416 e. The minimum atomic E-state index is -4.41. The summed E-state index contributed by atoms with van der Waals surface area (Å²) in [6.07, 6.45) is -4.97. The third-order valence-electron chi connectivity index (χ3n) is 8.01. The number of nitrogens with zero attached hydrogens (tertiary/aromatic N) is 1. The van der Waals surface area contributed by atoms with Crippen LogP contribution in [0.3, 0.4) is 0 Å². The molecular formula is C36H34F3IN2O5S. The lowest BCUT2D eigenvalue weighted by Gasteiger charge is -2.20. The van der Waals surface area contributed by atoms with Gasteiger partial charge in [-0.2, -0.15) is 21.6 Å². The molecule has 2 atom stereocenters. The molecule has 1 aromatic heterocycles. The second-order valence-electron chi connectivity index (χ2n) is 12.0. The number of alkyl halides is 4. The molecule has 12 heteroatoms. The summed E-state index contributed by atoms with van der Waals surface area (Å²) < 4.78 is 75.9. The van der Waals surface area contributed by atoms with Crippen molar-refractivity contribution in [1.29, 1.82) is 0 Å². The van der Waals surface area contributed by atoms with Crippen molar-refractivity contribution in [3.05, 3.63) is 137 Å². The maximum atomic E-state index is 13.1. The van der Waals surface area contributed by atoms with Crippen LogP contribution in [-0.4, -0.2) is 35.5 Å². The van der Waals surface area contributed by atoms with Gasteiger partial charge in [0.15, 0.2) is 5.76 Å². The fourth-order valence-electron chi connectivity index (χ4n) is 5.31. The van der Waals surface area contributed by atoms with Crippen LogP contribution < -0.4 is 5.32 Å². The average molecular weight is 791 g/mol. The van der Waals surface area contributed by atoms with E-state index in [1.165, 1.54) is 17.7 Å². The van der Waals surface area contributed by atoms with Crippen molar-refractivity contribution >= 4 is 32.7 Å². The van der Waals surface area contributed by atoms with Crippen molar-refractivity contribution in [3.63, 3.8) is 0 Å². The van der Waals surface area contributed by atoms with Gasteiger partial charge in [0.1, 0.15) is 6.23 Å². The van der Waals surface area contributed by atoms with E-state index >= 15 is 0 Å². The zero-order chi connectivity index (χ0) is 34.7. The third-order valence-corrected chi connectivity index (χ3v) is 9.35. The molecule has 48 heavy (non-hydrogen) atoms. The minimum absolute atomic E-state index is 0.0585. The smallest absolute Gasteiger partial charge is 0.374 e. The summed E-state index contributed by atoms with van der Waals surface area (Å²) in [4.78, 5) is 0. The van der Waals surface area contributed by atoms with E-state index in [1.807, 2.05) is 42.5 Å². The van der Waals surface area contributed by atoms with Gasteiger partial charge in [0.2, 0.25) is 0 Å². The number of hydrogen-bond donors (Lipinski definition) is 3. The standard InChI is InChI=1S/C36H34F3IN2O5S/c1-35(2,40)29-14-12-25(13-15-29)31(20-23-6-8-26(9-7-23)34(43)41-18-19-48(44,45)46)32-22-33(47-42-32)28-5-3-4-27(21-28)24-10-16-30(17-11-24)36(37,38)39/h3-17,21-22,31,34,41,43H,18-20H2,1-2H3,(H,44,45,46). The Hall–Kier alpha value is -3.56. The summed E-state index contributed by atoms with van der Waals surface area (Å²) in [6.45, 7) is 4.15. The Kier molecular flexibility index (Phi) is 10.8. The number of rotatable bonds is 12. The summed E-state index contributed by atoms with van der Waals surface area (Å²) in [5, 5.41) is 17.6. The molecule has 2 unspecified atom stereocenters. The molecule has 0 fully saturated rings. The van der Waals surface area contributed by atoms with Crippen LogP contribution >= 0.6 is 22.6 Å². The molecular weight excluding hydrogens is 756 g/mol. The summed E-state index contributed by atoms with van der Waals surface area (Å²) >= 11 is 2.40. The maximum Gasteiger partial charge on any atom is 0.416 e. The Bertz CT molecular complexity index is 1940. The molecule has 0 bridgehead atoms. The fraction of sp³-hybridized carbons (Fsp3) is 0.250. The van der Waals surface area contributed by atoms with Crippen LogP contribution in [0.15, 0.2) is 108 Å². The van der Waals surface area contributed by atoms with Crippen LogP contribution in [0.25, 0.3) is 22.5 Å². The Morgan fingerprint density at radius 2 is 1.44 bits per heavy atom. The highest BCUT2D eigenvalue weighted by Gasteiger charge is 2.30. The van der Waals surface area contributed by atoms with Crippen LogP contribution in [0.4, 0.5) is 13.2 Å². The number of aromatic nitrogens is 1. The molecule has 4 aromatic carbocycles. The quantitative estimate of drug-likeness (QED) is 0.0503. The number of aliphatic hydroxyl groups excluding tert-OH is 1. The van der Waals surface area contributed by atoms with Gasteiger partial charge in [0.05, 0.1) is 17.0 Å². The molecule has 1 heterocycles. The molecule has 0 amide bonds. The molecule has 0 aliphatic heterocycles. The van der Waals surface area contributed by atoms with Crippen molar-refractivity contribution in [3.8, 4) is 22.5 Å². The zero-order valence-electron chi connectivity index (χ0n) is 26.1. The number of nitrogens with one attached hydrogen (secondary N) is 1. The summed E-state index contributed by atoms with van der Waals surface area (Å²) in [5.41, 5.74) is 5.79. The van der Waals surface area contributed by atoms with Crippen LogP contribution in [-0.2, 0) is 26.1 Å². The van der Waals surface area contributed by atoms with E-state index in [4.69, 9.17) is 9.08 Å². The SMILES string of the molecule is CC(C)(I)c1ccc(C(Cc2ccc(C(O)NCCS(=O)(=O)O)cc2)c2cc(-c3cccc(-c4ccc(C(F)(F)F)cc4)c3)on2)cc1. The Morgan fingerprint density at radius 1 is 0.833 bits per heavy atom. The minimum Gasteiger partial charge on any atom is -0.374 e. The van der Waals surface area contributed by atoms with Crippen LogP contribution in [0, 0.1) is 0 Å². The molecule has 5 rings (SSSR count). The van der Waals surface area contributed by atoms with E-state index in [2.05, 4.69) is 71.2 Å². The Morgan fingerprint density at radius 3 is 2.04 bits per heavy atom. The van der Waals surface area contributed by atoms with Gasteiger partial charge >= 0.3 is 6.18 Å². The first-order valence-electron chi connectivity index (χ1n) is 15.1. The third kappa shape index (κ3) is 9.32. The van der Waals surface area contributed by atoms with Crippen molar-refractivity contribution in [2.45, 2.75) is 42.0 Å². The van der Waals surface area contributed by atoms with Gasteiger partial charge in [-0.05, 0) is 71.8 Å². The molecule has 3 N–H and O–H groups in total. The molecule has 0 aliphatic rings. The second kappa shape index (κ2) is 14.5. The summed E-state index contributed by atoms with van der Waals surface area (Å²) in [7, 11) is -4.14. The first-order valence-corrected chi connectivity index (χ1v) is 17.7. The van der Waals surface area contributed by atoms with Gasteiger partial charge in [-0.3, -0.25) is 9.87 Å². The topological polar surface area (TPSA) is 113 Å². The van der Waals surface area contributed by atoms with Crippen molar-refractivity contribution in [2.24, 2.45) is 0 Å². The van der Waals surface area contributed by atoms with Gasteiger partial charge in [0.25, 0.3) is 10.1 Å². The average Bonchev–Trinajstić information content (AvgIpc) is 3.53. The van der Waals surface area contributed by atoms with Gasteiger partial charge in [0, 0.05) is 27.5 Å². The Balaban J connectivity index is 1.41. The van der Waals surface area contributed by atoms with Crippen LogP contribution in [0.5, 0.6) is 0 Å². The Labute approximate surface area is 291 Å². The number of aliphatic hydroxyl groups is 1. The van der Waals surface area contributed by atoms with Gasteiger partial charge in [-0.15, -0.1) is 0 Å². The van der Waals surface area contributed by atoms with Crippen molar-refractivity contribution in [2.75, 3.05) is 12.3 Å². The summed E-state index contributed by atoms with van der Waals surface area (Å²) in [5.74, 6) is -0.199. The van der Waals surface area contributed by atoms with E-state index in [1.54, 1.807) is 12.1 Å².